The zero-order valence-electron chi connectivity index (χ0n) is 12.5. The highest BCUT2D eigenvalue weighted by atomic mass is 16.7. The molecule has 1 aliphatic heterocycles. The third-order valence-electron chi connectivity index (χ3n) is 5.95. The molecule has 19 heavy (non-hydrogen) atoms. The van der Waals surface area contributed by atoms with Crippen LogP contribution in [0.4, 0.5) is 0 Å². The molecule has 3 aliphatic rings. The van der Waals surface area contributed by atoms with Crippen LogP contribution in [0.3, 0.4) is 0 Å². The second-order valence-corrected chi connectivity index (χ2v) is 7.35. The van der Waals surface area contributed by atoms with Gasteiger partial charge in [-0.2, -0.15) is 0 Å². The molecule has 2 atom stereocenters. The van der Waals surface area contributed by atoms with E-state index in [4.69, 9.17) is 14.0 Å². The highest BCUT2D eigenvalue weighted by Gasteiger charge is 2.82. The summed E-state index contributed by atoms with van der Waals surface area (Å²) in [5.41, 5.74) is -1.01. The molecular formula is C14H23BO4. The first-order valence-electron chi connectivity index (χ1n) is 7.15. The van der Waals surface area contributed by atoms with Crippen molar-refractivity contribution in [1.82, 2.24) is 0 Å². The maximum atomic E-state index is 12.1. The van der Waals surface area contributed by atoms with Gasteiger partial charge in [0.1, 0.15) is 0 Å². The Bertz CT molecular complexity index is 417. The summed E-state index contributed by atoms with van der Waals surface area (Å²) in [5, 5.41) is -0.148. The van der Waals surface area contributed by atoms with Crippen LogP contribution in [0.15, 0.2) is 0 Å². The van der Waals surface area contributed by atoms with E-state index in [9.17, 15) is 4.79 Å². The standard InChI is InChI=1S/C14H23BO4/c1-11(2)12(3,4)19-15(18-11)14-8-6-7-13(14,9-14)10(16)17-5/h6-9H2,1-5H3/t13-,14-/m0/s1. The molecule has 0 amide bonds. The van der Waals surface area contributed by atoms with Gasteiger partial charge in [0, 0.05) is 5.31 Å². The fraction of sp³-hybridized carbons (Fsp3) is 0.929. The Balaban J connectivity index is 1.88. The molecule has 5 heteroatoms. The van der Waals surface area contributed by atoms with Crippen molar-refractivity contribution in [3.63, 3.8) is 0 Å². The van der Waals surface area contributed by atoms with Gasteiger partial charge >= 0.3 is 13.1 Å². The van der Waals surface area contributed by atoms with E-state index in [-0.39, 0.29) is 35.0 Å². The van der Waals surface area contributed by atoms with Crippen LogP contribution in [0.1, 0.15) is 53.4 Å². The smallest absolute Gasteiger partial charge is 0.465 e. The first-order chi connectivity index (χ1) is 8.71. The lowest BCUT2D eigenvalue weighted by Gasteiger charge is -2.32. The molecule has 0 bridgehead atoms. The van der Waals surface area contributed by atoms with E-state index < -0.39 is 0 Å². The number of rotatable bonds is 2. The molecule has 1 saturated heterocycles. The zero-order chi connectivity index (χ0) is 14.1. The fourth-order valence-electron chi connectivity index (χ4n) is 3.93. The van der Waals surface area contributed by atoms with E-state index in [0.717, 1.165) is 25.7 Å². The number of carbonyl (C=O) groups is 1. The Morgan fingerprint density at radius 3 is 2.21 bits per heavy atom. The number of hydrogen-bond donors (Lipinski definition) is 0. The molecule has 1 heterocycles. The molecular weight excluding hydrogens is 243 g/mol. The summed E-state index contributed by atoms with van der Waals surface area (Å²) < 4.78 is 17.4. The van der Waals surface area contributed by atoms with Crippen LogP contribution in [0.25, 0.3) is 0 Å². The van der Waals surface area contributed by atoms with Crippen LogP contribution < -0.4 is 0 Å². The minimum Gasteiger partial charge on any atom is -0.469 e. The molecule has 0 aromatic heterocycles. The van der Waals surface area contributed by atoms with Crippen LogP contribution in [-0.2, 0) is 18.8 Å². The predicted octanol–water partition coefficient (Wildman–Crippen LogP) is 2.57. The van der Waals surface area contributed by atoms with E-state index in [0.29, 0.717) is 0 Å². The van der Waals surface area contributed by atoms with Gasteiger partial charge in [-0.15, -0.1) is 0 Å². The van der Waals surface area contributed by atoms with Crippen LogP contribution >= 0.6 is 0 Å². The van der Waals surface area contributed by atoms with Crippen LogP contribution in [0, 0.1) is 5.41 Å². The number of ether oxygens (including phenoxy) is 1. The SMILES string of the molecule is COC(=O)[C@@]12CCC[C@]1(B1OC(C)(C)C(C)(C)O1)C2. The second-order valence-electron chi connectivity index (χ2n) is 7.35. The molecule has 2 saturated carbocycles. The Labute approximate surface area is 115 Å². The van der Waals surface area contributed by atoms with Gasteiger partial charge < -0.3 is 14.0 Å². The van der Waals surface area contributed by atoms with Gasteiger partial charge in [0.2, 0.25) is 0 Å². The minimum atomic E-state index is -0.344. The van der Waals surface area contributed by atoms with Crippen molar-refractivity contribution in [1.29, 1.82) is 0 Å². The monoisotopic (exact) mass is 266 g/mol. The summed E-state index contributed by atoms with van der Waals surface area (Å²) in [5.74, 6) is -0.0836. The number of methoxy groups -OCH3 is 1. The van der Waals surface area contributed by atoms with Crippen molar-refractivity contribution in [2.24, 2.45) is 5.41 Å². The van der Waals surface area contributed by atoms with Gasteiger partial charge in [-0.25, -0.2) is 0 Å². The Morgan fingerprint density at radius 2 is 1.68 bits per heavy atom. The third kappa shape index (κ3) is 1.46. The Hall–Kier alpha value is -0.545. The van der Waals surface area contributed by atoms with Crippen LogP contribution in [0.2, 0.25) is 5.31 Å². The molecule has 0 aromatic rings. The summed E-state index contributed by atoms with van der Waals surface area (Å²) >= 11 is 0. The molecule has 3 fully saturated rings. The van der Waals surface area contributed by atoms with Gasteiger partial charge in [0.15, 0.2) is 0 Å². The summed E-state index contributed by atoms with van der Waals surface area (Å²) in [6.07, 6.45) is 3.81. The Kier molecular flexibility index (Phi) is 2.52. The average Bonchev–Trinajstić information content (AvgIpc) is 2.75. The van der Waals surface area contributed by atoms with Gasteiger partial charge in [0.05, 0.1) is 23.7 Å². The normalized spacial score (nSPS) is 42.1. The molecule has 4 nitrogen and oxygen atoms in total. The first kappa shape index (κ1) is 13.4. The number of carbonyl (C=O) groups excluding carboxylic acids is 1. The zero-order valence-corrected chi connectivity index (χ0v) is 12.5. The largest absolute Gasteiger partial charge is 0.469 e. The van der Waals surface area contributed by atoms with Crippen molar-refractivity contribution in [3.05, 3.63) is 0 Å². The van der Waals surface area contributed by atoms with Crippen molar-refractivity contribution in [2.45, 2.75) is 69.9 Å². The van der Waals surface area contributed by atoms with Gasteiger partial charge in [-0.3, -0.25) is 4.79 Å². The van der Waals surface area contributed by atoms with Gasteiger partial charge in [-0.05, 0) is 47.0 Å². The summed E-state index contributed by atoms with van der Waals surface area (Å²) in [7, 11) is 1.20. The van der Waals surface area contributed by atoms with Crippen LogP contribution in [-0.4, -0.2) is 31.4 Å². The van der Waals surface area contributed by atoms with Crippen molar-refractivity contribution < 1.29 is 18.8 Å². The summed E-state index contributed by atoms with van der Waals surface area (Å²) in [6.45, 7) is 8.23. The molecule has 0 N–H and O–H groups in total. The summed E-state index contributed by atoms with van der Waals surface area (Å²) in [6, 6.07) is 0. The van der Waals surface area contributed by atoms with Crippen molar-refractivity contribution in [2.75, 3.05) is 7.11 Å². The molecule has 106 valence electrons. The fourth-order valence-corrected chi connectivity index (χ4v) is 3.93. The maximum Gasteiger partial charge on any atom is 0.465 e. The van der Waals surface area contributed by atoms with Crippen molar-refractivity contribution >= 4 is 13.1 Å². The molecule has 0 spiro atoms. The third-order valence-corrected chi connectivity index (χ3v) is 5.95. The van der Waals surface area contributed by atoms with E-state index >= 15 is 0 Å². The topological polar surface area (TPSA) is 44.8 Å². The lowest BCUT2D eigenvalue weighted by Crippen LogP contribution is -2.41. The maximum absolute atomic E-state index is 12.1. The highest BCUT2D eigenvalue weighted by Crippen LogP contribution is 2.82. The van der Waals surface area contributed by atoms with Gasteiger partial charge in [-0.1, -0.05) is 6.42 Å². The molecule has 0 unspecified atom stereocenters. The average molecular weight is 266 g/mol. The number of esters is 1. The lowest BCUT2D eigenvalue weighted by molar-refractivity contribution is -0.147. The van der Waals surface area contributed by atoms with E-state index in [2.05, 4.69) is 27.7 Å². The quantitative estimate of drug-likeness (QED) is 0.569. The Morgan fingerprint density at radius 1 is 1.11 bits per heavy atom. The highest BCUT2D eigenvalue weighted by molar-refractivity contribution is 6.52. The molecule has 0 radical (unpaired) electrons. The summed E-state index contributed by atoms with van der Waals surface area (Å²) in [4.78, 5) is 12.1. The number of fused-ring (bicyclic) bond motifs is 1. The van der Waals surface area contributed by atoms with Crippen LogP contribution in [0.5, 0.6) is 0 Å². The molecule has 0 aromatic carbocycles. The van der Waals surface area contributed by atoms with Crippen molar-refractivity contribution in [3.8, 4) is 0 Å². The van der Waals surface area contributed by atoms with Gasteiger partial charge in [0.25, 0.3) is 0 Å². The molecule has 3 rings (SSSR count). The first-order valence-corrected chi connectivity index (χ1v) is 7.15. The lowest BCUT2D eigenvalue weighted by atomic mass is 9.64. The van der Waals surface area contributed by atoms with E-state index in [1.54, 1.807) is 0 Å². The second kappa shape index (κ2) is 3.56. The van der Waals surface area contributed by atoms with E-state index in [1.165, 1.54) is 7.11 Å². The molecule has 2 aliphatic carbocycles. The van der Waals surface area contributed by atoms with E-state index in [1.807, 2.05) is 0 Å². The minimum absolute atomic E-state index is 0.0836. The number of hydrogen-bond acceptors (Lipinski definition) is 4. The predicted molar refractivity (Wildman–Crippen MR) is 71.7 cm³/mol.